The Balaban J connectivity index is 1.84. The third kappa shape index (κ3) is 3.06. The van der Waals surface area contributed by atoms with Crippen molar-refractivity contribution in [1.82, 2.24) is 9.62 Å². The largest absolute Gasteiger partial charge is 0.309 e. The lowest BCUT2D eigenvalue weighted by atomic mass is 10.3. The van der Waals surface area contributed by atoms with E-state index in [1.807, 2.05) is 24.1 Å². The number of hydrogen-bond donors (Lipinski definition) is 1. The zero-order valence-electron chi connectivity index (χ0n) is 11.6. The van der Waals surface area contributed by atoms with Crippen molar-refractivity contribution in [3.8, 4) is 0 Å². The standard InChI is InChI=1S/C13H20N2O2S3/c1-10-9-19-12(8-14-11-2-3-11)13(10)20(16,17)15-4-6-18-7-5-15/h9,11,14H,2-8H2,1H3. The van der Waals surface area contributed by atoms with Crippen LogP contribution < -0.4 is 5.32 Å². The van der Waals surface area contributed by atoms with E-state index in [1.165, 1.54) is 12.8 Å². The van der Waals surface area contributed by atoms with Gasteiger partial charge in [-0.3, -0.25) is 0 Å². The maximum absolute atomic E-state index is 12.8. The maximum Gasteiger partial charge on any atom is 0.244 e. The average molecular weight is 333 g/mol. The molecule has 0 spiro atoms. The number of thioether (sulfide) groups is 1. The molecular weight excluding hydrogens is 312 g/mol. The van der Waals surface area contributed by atoms with Gasteiger partial charge in [0.2, 0.25) is 10.0 Å². The van der Waals surface area contributed by atoms with Crippen LogP contribution in [0.2, 0.25) is 0 Å². The van der Waals surface area contributed by atoms with Crippen LogP contribution in [0.5, 0.6) is 0 Å². The Morgan fingerprint density at radius 3 is 2.70 bits per heavy atom. The van der Waals surface area contributed by atoms with Crippen LogP contribution in [-0.2, 0) is 16.6 Å². The van der Waals surface area contributed by atoms with Crippen molar-refractivity contribution in [1.29, 1.82) is 0 Å². The molecule has 1 aliphatic carbocycles. The molecule has 1 aliphatic heterocycles. The van der Waals surface area contributed by atoms with Gasteiger partial charge in [-0.05, 0) is 30.7 Å². The van der Waals surface area contributed by atoms with E-state index < -0.39 is 10.0 Å². The molecule has 4 nitrogen and oxygen atoms in total. The molecule has 0 bridgehead atoms. The van der Waals surface area contributed by atoms with E-state index in [1.54, 1.807) is 15.6 Å². The zero-order valence-corrected chi connectivity index (χ0v) is 14.0. The van der Waals surface area contributed by atoms with Crippen LogP contribution >= 0.6 is 23.1 Å². The van der Waals surface area contributed by atoms with Crippen LogP contribution in [0.1, 0.15) is 23.3 Å². The summed E-state index contributed by atoms with van der Waals surface area (Å²) in [6, 6.07) is 0.597. The quantitative estimate of drug-likeness (QED) is 0.896. The fourth-order valence-corrected chi connectivity index (χ4v) is 6.68. The van der Waals surface area contributed by atoms with Gasteiger partial charge in [-0.1, -0.05) is 0 Å². The Morgan fingerprint density at radius 2 is 2.05 bits per heavy atom. The van der Waals surface area contributed by atoms with E-state index in [0.717, 1.165) is 21.9 Å². The first-order chi connectivity index (χ1) is 9.59. The van der Waals surface area contributed by atoms with Gasteiger partial charge in [-0.2, -0.15) is 16.1 Å². The normalized spacial score (nSPS) is 21.2. The molecule has 7 heteroatoms. The summed E-state index contributed by atoms with van der Waals surface area (Å²) >= 11 is 3.39. The summed E-state index contributed by atoms with van der Waals surface area (Å²) in [6.45, 7) is 3.86. The van der Waals surface area contributed by atoms with Crippen molar-refractivity contribution in [2.75, 3.05) is 24.6 Å². The zero-order chi connectivity index (χ0) is 14.2. The second-order valence-corrected chi connectivity index (χ2v) is 9.41. The number of nitrogens with one attached hydrogen (secondary N) is 1. The minimum atomic E-state index is -3.32. The molecule has 112 valence electrons. The smallest absolute Gasteiger partial charge is 0.244 e. The van der Waals surface area contributed by atoms with E-state index in [4.69, 9.17) is 0 Å². The SMILES string of the molecule is Cc1csc(CNC2CC2)c1S(=O)(=O)N1CCSCC1. The van der Waals surface area contributed by atoms with Crippen molar-refractivity contribution < 1.29 is 8.42 Å². The van der Waals surface area contributed by atoms with Crippen molar-refractivity contribution in [2.45, 2.75) is 37.2 Å². The first kappa shape index (κ1) is 14.8. The lowest BCUT2D eigenvalue weighted by Crippen LogP contribution is -2.38. The van der Waals surface area contributed by atoms with Crippen LogP contribution in [0.4, 0.5) is 0 Å². The highest BCUT2D eigenvalue weighted by atomic mass is 32.2. The van der Waals surface area contributed by atoms with Crippen LogP contribution in [0.15, 0.2) is 10.3 Å². The van der Waals surface area contributed by atoms with Crippen molar-refractivity contribution in [3.63, 3.8) is 0 Å². The van der Waals surface area contributed by atoms with E-state index >= 15 is 0 Å². The molecule has 1 aromatic rings. The Kier molecular flexibility index (Phi) is 4.42. The van der Waals surface area contributed by atoms with Gasteiger partial charge in [-0.25, -0.2) is 8.42 Å². The van der Waals surface area contributed by atoms with Crippen molar-refractivity contribution in [3.05, 3.63) is 15.8 Å². The molecule has 2 heterocycles. The number of rotatable bonds is 5. The van der Waals surface area contributed by atoms with E-state index in [2.05, 4.69) is 5.32 Å². The molecule has 1 aromatic heterocycles. The van der Waals surface area contributed by atoms with Crippen molar-refractivity contribution >= 4 is 33.1 Å². The number of aryl methyl sites for hydroxylation is 1. The predicted molar refractivity (Wildman–Crippen MR) is 85.0 cm³/mol. The number of sulfonamides is 1. The first-order valence-corrected chi connectivity index (χ1v) is 10.4. The third-order valence-corrected chi connectivity index (χ3v) is 7.99. The van der Waals surface area contributed by atoms with Gasteiger partial charge in [0, 0.05) is 42.1 Å². The molecule has 20 heavy (non-hydrogen) atoms. The van der Waals surface area contributed by atoms with Gasteiger partial charge < -0.3 is 5.32 Å². The minimum absolute atomic E-state index is 0.558. The first-order valence-electron chi connectivity index (χ1n) is 6.97. The lowest BCUT2D eigenvalue weighted by Gasteiger charge is -2.26. The molecule has 1 N–H and O–H groups in total. The lowest BCUT2D eigenvalue weighted by molar-refractivity contribution is 0.442. The highest BCUT2D eigenvalue weighted by molar-refractivity contribution is 7.99. The Morgan fingerprint density at radius 1 is 1.35 bits per heavy atom. The second-order valence-electron chi connectivity index (χ2n) is 5.34. The molecule has 3 rings (SSSR count). The Labute approximate surface area is 129 Å². The molecule has 0 aromatic carbocycles. The highest BCUT2D eigenvalue weighted by Crippen LogP contribution is 2.31. The number of nitrogens with zero attached hydrogens (tertiary/aromatic N) is 1. The van der Waals surface area contributed by atoms with Crippen LogP contribution in [0.3, 0.4) is 0 Å². The maximum atomic E-state index is 12.8. The topological polar surface area (TPSA) is 49.4 Å². The third-order valence-electron chi connectivity index (χ3n) is 3.69. The van der Waals surface area contributed by atoms with Gasteiger partial charge >= 0.3 is 0 Å². The monoisotopic (exact) mass is 332 g/mol. The fourth-order valence-electron chi connectivity index (χ4n) is 2.40. The van der Waals surface area contributed by atoms with E-state index in [9.17, 15) is 8.42 Å². The fraction of sp³-hybridized carbons (Fsp3) is 0.692. The molecule has 1 saturated heterocycles. The highest BCUT2D eigenvalue weighted by Gasteiger charge is 2.31. The Hall–Kier alpha value is -0.0800. The van der Waals surface area contributed by atoms with Gasteiger partial charge in [-0.15, -0.1) is 11.3 Å². The van der Waals surface area contributed by atoms with E-state index in [-0.39, 0.29) is 0 Å². The molecule has 0 unspecified atom stereocenters. The van der Waals surface area contributed by atoms with Crippen LogP contribution in [-0.4, -0.2) is 43.4 Å². The second kappa shape index (κ2) is 5.96. The van der Waals surface area contributed by atoms with Gasteiger partial charge in [0.1, 0.15) is 4.90 Å². The van der Waals surface area contributed by atoms with Gasteiger partial charge in [0.05, 0.1) is 0 Å². The minimum Gasteiger partial charge on any atom is -0.309 e. The summed E-state index contributed by atoms with van der Waals surface area (Å²) in [5, 5.41) is 5.39. The predicted octanol–water partition coefficient (Wildman–Crippen LogP) is 2.05. The summed E-state index contributed by atoms with van der Waals surface area (Å²) in [4.78, 5) is 1.52. The molecule has 2 fully saturated rings. The van der Waals surface area contributed by atoms with Gasteiger partial charge in [0.15, 0.2) is 0 Å². The molecule has 1 saturated carbocycles. The summed E-state index contributed by atoms with van der Waals surface area (Å²) in [6.07, 6.45) is 2.44. The van der Waals surface area contributed by atoms with Crippen LogP contribution in [0.25, 0.3) is 0 Å². The Bertz CT molecular complexity index is 572. The van der Waals surface area contributed by atoms with Crippen LogP contribution in [0, 0.1) is 6.92 Å². The number of hydrogen-bond acceptors (Lipinski definition) is 5. The van der Waals surface area contributed by atoms with Gasteiger partial charge in [0.25, 0.3) is 0 Å². The van der Waals surface area contributed by atoms with Crippen molar-refractivity contribution in [2.24, 2.45) is 0 Å². The molecule has 0 radical (unpaired) electrons. The molecule has 0 amide bonds. The molecule has 2 aliphatic rings. The number of thiophene rings is 1. The summed E-state index contributed by atoms with van der Waals surface area (Å²) in [5.74, 6) is 1.80. The average Bonchev–Trinajstić information content (AvgIpc) is 3.20. The summed E-state index contributed by atoms with van der Waals surface area (Å²) < 4.78 is 27.3. The molecular formula is C13H20N2O2S3. The summed E-state index contributed by atoms with van der Waals surface area (Å²) in [7, 11) is -3.32. The summed E-state index contributed by atoms with van der Waals surface area (Å²) in [5.41, 5.74) is 0.890. The molecule has 0 atom stereocenters. The van der Waals surface area contributed by atoms with E-state index in [0.29, 0.717) is 30.6 Å².